The van der Waals surface area contributed by atoms with Gasteiger partial charge < -0.3 is 5.73 Å². The second-order valence-electron chi connectivity index (χ2n) is 2.68. The van der Waals surface area contributed by atoms with E-state index < -0.39 is 6.03 Å². The summed E-state index contributed by atoms with van der Waals surface area (Å²) in [5.74, 6) is 0. The minimum absolute atomic E-state index is 0.0395. The zero-order valence-corrected chi connectivity index (χ0v) is 7.59. The van der Waals surface area contributed by atoms with E-state index in [9.17, 15) is 9.70 Å². The van der Waals surface area contributed by atoms with Gasteiger partial charge in [0.05, 0.1) is 13.1 Å². The number of amides is 2. The van der Waals surface area contributed by atoms with Gasteiger partial charge in [0.15, 0.2) is 0 Å². The van der Waals surface area contributed by atoms with Crippen LogP contribution in [0.1, 0.15) is 0 Å². The Labute approximate surface area is 81.5 Å². The van der Waals surface area contributed by atoms with Crippen molar-refractivity contribution in [3.05, 3.63) is 35.2 Å². The maximum Gasteiger partial charge on any atom is 0.319 e. The molecule has 0 aliphatic carbocycles. The van der Waals surface area contributed by atoms with Crippen LogP contribution in [0.25, 0.3) is 0 Å². The number of nitrogens with zero attached hydrogens (tertiary/aromatic N) is 2. The van der Waals surface area contributed by atoms with E-state index in [0.29, 0.717) is 5.69 Å². The molecular formula is C9H11N3O2. The number of rotatable bonds is 4. The highest BCUT2D eigenvalue weighted by atomic mass is 16.3. The zero-order valence-electron chi connectivity index (χ0n) is 7.59. The predicted molar refractivity (Wildman–Crippen MR) is 54.0 cm³/mol. The molecule has 14 heavy (non-hydrogen) atoms. The van der Waals surface area contributed by atoms with Crippen molar-refractivity contribution >= 4 is 11.7 Å². The van der Waals surface area contributed by atoms with Gasteiger partial charge in [0.2, 0.25) is 0 Å². The van der Waals surface area contributed by atoms with Crippen LogP contribution >= 0.6 is 0 Å². The third-order valence-corrected chi connectivity index (χ3v) is 1.75. The van der Waals surface area contributed by atoms with E-state index in [1.807, 2.05) is 6.07 Å². The van der Waals surface area contributed by atoms with Crippen LogP contribution in [-0.2, 0) is 0 Å². The van der Waals surface area contributed by atoms with Crippen LogP contribution < -0.4 is 10.6 Å². The first-order valence-electron chi connectivity index (χ1n) is 4.17. The molecule has 74 valence electrons. The molecule has 0 aliphatic heterocycles. The number of nitroso groups, excluding NO2 is 1. The lowest BCUT2D eigenvalue weighted by molar-refractivity contribution is 0.254. The fourth-order valence-electron chi connectivity index (χ4n) is 1.12. The highest BCUT2D eigenvalue weighted by Crippen LogP contribution is 2.12. The van der Waals surface area contributed by atoms with Gasteiger partial charge in [0.25, 0.3) is 0 Å². The number of carbonyl (C=O) groups excluding carboxylic acids is 1. The molecule has 0 bridgehead atoms. The Balaban J connectivity index is 2.78. The summed E-state index contributed by atoms with van der Waals surface area (Å²) in [7, 11) is 0. The molecule has 0 radical (unpaired) electrons. The first-order valence-corrected chi connectivity index (χ1v) is 4.17. The van der Waals surface area contributed by atoms with Crippen LogP contribution in [0.5, 0.6) is 0 Å². The van der Waals surface area contributed by atoms with E-state index >= 15 is 0 Å². The lowest BCUT2D eigenvalue weighted by atomic mass is 10.3. The van der Waals surface area contributed by atoms with E-state index in [4.69, 9.17) is 5.73 Å². The standard InChI is InChI=1S/C9H11N3O2/c10-9(13)12(7-6-11-14)8-4-2-1-3-5-8/h1-5H,6-7H2,(H2,10,13). The Morgan fingerprint density at radius 3 is 2.50 bits per heavy atom. The number of nitrogens with two attached hydrogens (primary N) is 1. The van der Waals surface area contributed by atoms with E-state index in [1.54, 1.807) is 24.3 Å². The minimum Gasteiger partial charge on any atom is -0.351 e. The maximum absolute atomic E-state index is 11.0. The normalized spacial score (nSPS) is 9.43. The summed E-state index contributed by atoms with van der Waals surface area (Å²) in [5.41, 5.74) is 5.82. The highest BCUT2D eigenvalue weighted by Gasteiger charge is 2.10. The Kier molecular flexibility index (Phi) is 3.60. The number of anilines is 1. The molecule has 1 aromatic carbocycles. The Morgan fingerprint density at radius 2 is 2.00 bits per heavy atom. The smallest absolute Gasteiger partial charge is 0.319 e. The van der Waals surface area contributed by atoms with Crippen molar-refractivity contribution in [1.82, 2.24) is 0 Å². The summed E-state index contributed by atoms with van der Waals surface area (Å²) < 4.78 is 0. The van der Waals surface area contributed by atoms with Gasteiger partial charge in [-0.25, -0.2) is 4.79 Å². The first-order chi connectivity index (χ1) is 6.75. The lowest BCUT2D eigenvalue weighted by Crippen LogP contribution is -2.37. The summed E-state index contributed by atoms with van der Waals surface area (Å²) in [6, 6.07) is 8.32. The Morgan fingerprint density at radius 1 is 1.36 bits per heavy atom. The lowest BCUT2D eigenvalue weighted by Gasteiger charge is -2.18. The van der Waals surface area contributed by atoms with Gasteiger partial charge in [-0.05, 0) is 12.1 Å². The largest absolute Gasteiger partial charge is 0.351 e. The predicted octanol–water partition coefficient (Wildman–Crippen LogP) is 1.34. The molecule has 5 nitrogen and oxygen atoms in total. The SMILES string of the molecule is NC(=O)N(CCN=O)c1ccccc1. The number of primary amides is 1. The Hall–Kier alpha value is -1.91. The second kappa shape index (κ2) is 4.96. The molecule has 5 heteroatoms. The molecule has 0 aliphatic rings. The second-order valence-corrected chi connectivity index (χ2v) is 2.68. The molecule has 0 fully saturated rings. The van der Waals surface area contributed by atoms with Crippen molar-refractivity contribution in [1.29, 1.82) is 0 Å². The summed E-state index contributed by atoms with van der Waals surface area (Å²) in [5, 5.41) is 2.68. The van der Waals surface area contributed by atoms with Crippen LogP contribution in [0.15, 0.2) is 35.5 Å². The fraction of sp³-hybridized carbons (Fsp3) is 0.222. The third-order valence-electron chi connectivity index (χ3n) is 1.75. The Bertz CT molecular complexity index is 313. The van der Waals surface area contributed by atoms with Gasteiger partial charge in [-0.15, -0.1) is 0 Å². The molecule has 2 amide bonds. The molecule has 2 N–H and O–H groups in total. The molecule has 0 unspecified atom stereocenters. The van der Waals surface area contributed by atoms with Crippen molar-refractivity contribution in [2.75, 3.05) is 18.0 Å². The maximum atomic E-state index is 11.0. The number of hydrogen-bond acceptors (Lipinski definition) is 3. The van der Waals surface area contributed by atoms with E-state index in [-0.39, 0.29) is 13.1 Å². The summed E-state index contributed by atoms with van der Waals surface area (Å²) in [6.45, 7) is 0.251. The van der Waals surface area contributed by atoms with Crippen LogP contribution in [-0.4, -0.2) is 19.1 Å². The monoisotopic (exact) mass is 193 g/mol. The average molecular weight is 193 g/mol. The van der Waals surface area contributed by atoms with Crippen molar-refractivity contribution < 1.29 is 4.79 Å². The molecule has 0 aromatic heterocycles. The van der Waals surface area contributed by atoms with Crippen LogP contribution in [0.2, 0.25) is 0 Å². The summed E-state index contributed by atoms with van der Waals surface area (Å²) in [4.78, 5) is 22.3. The quantitative estimate of drug-likeness (QED) is 0.732. The van der Waals surface area contributed by atoms with Gasteiger partial charge in [-0.3, -0.25) is 4.90 Å². The molecule has 0 heterocycles. The van der Waals surface area contributed by atoms with Crippen molar-refractivity contribution in [3.8, 4) is 0 Å². The first kappa shape index (κ1) is 10.2. The van der Waals surface area contributed by atoms with E-state index in [1.165, 1.54) is 4.90 Å². The topological polar surface area (TPSA) is 75.8 Å². The molecule has 0 atom stereocenters. The zero-order chi connectivity index (χ0) is 10.4. The molecular weight excluding hydrogens is 182 g/mol. The number of para-hydroxylation sites is 1. The van der Waals surface area contributed by atoms with Gasteiger partial charge in [0, 0.05) is 5.69 Å². The number of hydrogen-bond donors (Lipinski definition) is 1. The van der Waals surface area contributed by atoms with Gasteiger partial charge in [-0.1, -0.05) is 23.4 Å². The number of urea groups is 1. The van der Waals surface area contributed by atoms with E-state index in [0.717, 1.165) is 0 Å². The molecule has 0 saturated carbocycles. The summed E-state index contributed by atoms with van der Waals surface area (Å²) >= 11 is 0. The third kappa shape index (κ3) is 2.55. The van der Waals surface area contributed by atoms with Crippen LogP contribution in [0, 0.1) is 4.91 Å². The van der Waals surface area contributed by atoms with Crippen molar-refractivity contribution in [3.63, 3.8) is 0 Å². The molecule has 1 rings (SSSR count). The highest BCUT2D eigenvalue weighted by molar-refractivity contribution is 5.90. The molecule has 0 spiro atoms. The van der Waals surface area contributed by atoms with Crippen LogP contribution in [0.4, 0.5) is 10.5 Å². The van der Waals surface area contributed by atoms with Gasteiger partial charge in [0.1, 0.15) is 0 Å². The van der Waals surface area contributed by atoms with Crippen molar-refractivity contribution in [2.45, 2.75) is 0 Å². The average Bonchev–Trinajstić information content (AvgIpc) is 2.19. The number of benzene rings is 1. The minimum atomic E-state index is -0.583. The number of carbonyl (C=O) groups is 1. The van der Waals surface area contributed by atoms with Gasteiger partial charge >= 0.3 is 6.03 Å². The van der Waals surface area contributed by atoms with Crippen LogP contribution in [0.3, 0.4) is 0 Å². The van der Waals surface area contributed by atoms with Crippen molar-refractivity contribution in [2.24, 2.45) is 10.9 Å². The van der Waals surface area contributed by atoms with E-state index in [2.05, 4.69) is 5.18 Å². The molecule has 0 saturated heterocycles. The fourth-order valence-corrected chi connectivity index (χ4v) is 1.12. The summed E-state index contributed by atoms with van der Waals surface area (Å²) in [6.07, 6.45) is 0. The van der Waals surface area contributed by atoms with Gasteiger partial charge in [-0.2, -0.15) is 4.91 Å². The molecule has 1 aromatic rings.